The van der Waals surface area contributed by atoms with Gasteiger partial charge in [0.25, 0.3) is 11.8 Å². The molecule has 0 saturated carbocycles. The highest BCUT2D eigenvalue weighted by molar-refractivity contribution is 5.97. The second-order valence-electron chi connectivity index (χ2n) is 7.82. The highest BCUT2D eigenvalue weighted by Gasteiger charge is 2.65. The van der Waals surface area contributed by atoms with Gasteiger partial charge in [0.15, 0.2) is 17.2 Å². The molecule has 6 nitrogen and oxygen atoms in total. The van der Waals surface area contributed by atoms with Crippen molar-refractivity contribution in [2.75, 3.05) is 5.32 Å². The molecular formula is C21H20F5N3O3. The van der Waals surface area contributed by atoms with Crippen molar-refractivity contribution >= 4 is 17.5 Å². The van der Waals surface area contributed by atoms with Crippen molar-refractivity contribution in [3.05, 3.63) is 58.9 Å². The molecule has 1 aliphatic rings. The largest absolute Gasteiger partial charge is 0.417 e. The van der Waals surface area contributed by atoms with Gasteiger partial charge in [0.05, 0.1) is 0 Å². The summed E-state index contributed by atoms with van der Waals surface area (Å²) >= 11 is 0. The molecule has 2 heterocycles. The third kappa shape index (κ3) is 3.92. The molecule has 1 saturated heterocycles. The van der Waals surface area contributed by atoms with Gasteiger partial charge in [-0.3, -0.25) is 14.6 Å². The molecule has 11 heteroatoms. The first kappa shape index (κ1) is 23.6. The fourth-order valence-electron chi connectivity index (χ4n) is 3.91. The van der Waals surface area contributed by atoms with E-state index in [2.05, 4.69) is 10.3 Å². The normalized spacial score (nSPS) is 25.6. The molecular weight excluding hydrogens is 437 g/mol. The van der Waals surface area contributed by atoms with Gasteiger partial charge < -0.3 is 15.8 Å². The first-order valence-corrected chi connectivity index (χ1v) is 9.53. The van der Waals surface area contributed by atoms with Crippen molar-refractivity contribution in [3.8, 4) is 0 Å². The Morgan fingerprint density at radius 2 is 1.88 bits per heavy atom. The smallest absolute Gasteiger partial charge is 0.364 e. The number of hydrogen-bond donors (Lipinski definition) is 2. The van der Waals surface area contributed by atoms with Gasteiger partial charge in [-0.25, -0.2) is 8.78 Å². The van der Waals surface area contributed by atoms with Gasteiger partial charge in [0.1, 0.15) is 11.8 Å². The van der Waals surface area contributed by atoms with Gasteiger partial charge in [-0.15, -0.1) is 0 Å². The zero-order chi connectivity index (χ0) is 24.0. The topological polar surface area (TPSA) is 94.3 Å². The predicted octanol–water partition coefficient (Wildman–Crippen LogP) is 3.85. The fourth-order valence-corrected chi connectivity index (χ4v) is 3.91. The molecule has 3 rings (SSSR count). The van der Waals surface area contributed by atoms with E-state index in [0.717, 1.165) is 25.1 Å². The second-order valence-corrected chi connectivity index (χ2v) is 7.82. The molecule has 1 aromatic carbocycles. The van der Waals surface area contributed by atoms with E-state index in [1.165, 1.54) is 26.1 Å². The van der Waals surface area contributed by atoms with Crippen molar-refractivity contribution in [1.82, 2.24) is 4.98 Å². The number of hydrogen-bond acceptors (Lipinski definition) is 4. The number of benzene rings is 1. The number of alkyl halides is 3. The lowest BCUT2D eigenvalue weighted by Gasteiger charge is -2.32. The zero-order valence-electron chi connectivity index (χ0n) is 17.3. The molecule has 2 amide bonds. The molecule has 2 aromatic rings. The van der Waals surface area contributed by atoms with Crippen LogP contribution in [0, 0.1) is 24.5 Å². The molecule has 32 heavy (non-hydrogen) atoms. The Balaban J connectivity index is 2.05. The van der Waals surface area contributed by atoms with E-state index in [1.54, 1.807) is 0 Å². The molecule has 0 aliphatic carbocycles. The fraction of sp³-hybridized carbons (Fsp3) is 0.381. The number of amides is 2. The van der Waals surface area contributed by atoms with E-state index in [9.17, 15) is 31.5 Å². The quantitative estimate of drug-likeness (QED) is 0.682. The third-order valence-corrected chi connectivity index (χ3v) is 5.95. The highest BCUT2D eigenvalue weighted by Crippen LogP contribution is 2.54. The van der Waals surface area contributed by atoms with Gasteiger partial charge in [0.2, 0.25) is 0 Å². The van der Waals surface area contributed by atoms with E-state index >= 15 is 0 Å². The van der Waals surface area contributed by atoms with Crippen LogP contribution in [0.5, 0.6) is 0 Å². The van der Waals surface area contributed by atoms with Crippen LogP contribution < -0.4 is 11.1 Å². The highest BCUT2D eigenvalue weighted by atomic mass is 19.4. The number of nitrogens with zero attached hydrogens (tertiary/aromatic N) is 1. The van der Waals surface area contributed by atoms with Crippen molar-refractivity contribution < 1.29 is 36.3 Å². The van der Waals surface area contributed by atoms with Gasteiger partial charge in [-0.1, -0.05) is 13.0 Å². The van der Waals surface area contributed by atoms with Gasteiger partial charge in [-0.05, 0) is 43.2 Å². The van der Waals surface area contributed by atoms with Crippen LogP contribution in [0.1, 0.15) is 41.4 Å². The first-order valence-electron chi connectivity index (χ1n) is 9.53. The molecule has 0 bridgehead atoms. The van der Waals surface area contributed by atoms with Crippen molar-refractivity contribution in [3.63, 3.8) is 0 Å². The lowest BCUT2D eigenvalue weighted by atomic mass is 9.76. The molecule has 3 N–H and O–H groups in total. The van der Waals surface area contributed by atoms with Crippen LogP contribution in [-0.4, -0.2) is 34.7 Å². The molecule has 172 valence electrons. The lowest BCUT2D eigenvalue weighted by Crippen LogP contribution is -2.47. The minimum absolute atomic E-state index is 0.0251. The number of nitrogens with two attached hydrogens (primary N) is 1. The third-order valence-electron chi connectivity index (χ3n) is 5.95. The SMILES string of the molecule is Cc1c([C@@H]2[C@@H](C(=O)Nc3ccnc(C(N)=O)c3)O[C@](C)(C(F)(F)F)[C@@H]2C)ccc(F)c1F. The summed E-state index contributed by atoms with van der Waals surface area (Å²) in [5.74, 6) is -6.76. The maximum atomic E-state index is 14.2. The maximum Gasteiger partial charge on any atom is 0.417 e. The van der Waals surface area contributed by atoms with Crippen molar-refractivity contribution in [2.45, 2.75) is 44.6 Å². The number of halogens is 5. The number of carbonyl (C=O) groups excluding carboxylic acids is 2. The summed E-state index contributed by atoms with van der Waals surface area (Å²) in [5, 5.41) is 2.39. The number of nitrogens with one attached hydrogen (secondary N) is 1. The number of anilines is 1. The summed E-state index contributed by atoms with van der Waals surface area (Å²) in [5.41, 5.74) is 2.11. The van der Waals surface area contributed by atoms with E-state index in [-0.39, 0.29) is 22.5 Å². The summed E-state index contributed by atoms with van der Waals surface area (Å²) < 4.78 is 74.7. The molecule has 1 aliphatic heterocycles. The summed E-state index contributed by atoms with van der Waals surface area (Å²) in [6.07, 6.45) is -5.35. The lowest BCUT2D eigenvalue weighted by molar-refractivity contribution is -0.272. The number of ether oxygens (including phenoxy) is 1. The molecule has 4 atom stereocenters. The minimum Gasteiger partial charge on any atom is -0.364 e. The second kappa shape index (κ2) is 8.12. The minimum atomic E-state index is -4.85. The van der Waals surface area contributed by atoms with Gasteiger partial charge >= 0.3 is 6.18 Å². The van der Waals surface area contributed by atoms with E-state index < -0.39 is 53.2 Å². The molecule has 0 radical (unpaired) electrons. The van der Waals surface area contributed by atoms with E-state index in [0.29, 0.717) is 0 Å². The standard InChI is InChI=1S/C21H20F5N3O3/c1-9-12(4-5-13(22)16(9)23)15-10(2)20(3,21(24,25)26)32-17(15)19(31)29-11-6-7-28-14(8-11)18(27)30/h4-8,10,15,17H,1-3H3,(H2,27,30)(H,28,29,31)/t10-,15-,17+,20+/m1/s1. The Labute approximate surface area is 180 Å². The van der Waals surface area contributed by atoms with Crippen LogP contribution in [0.4, 0.5) is 27.6 Å². The van der Waals surface area contributed by atoms with Crippen molar-refractivity contribution in [2.24, 2.45) is 11.7 Å². The van der Waals surface area contributed by atoms with E-state index in [1.807, 2.05) is 0 Å². The summed E-state index contributed by atoms with van der Waals surface area (Å²) in [7, 11) is 0. The maximum absolute atomic E-state index is 14.2. The van der Waals surface area contributed by atoms with Crippen LogP contribution in [-0.2, 0) is 9.53 Å². The molecule has 1 aromatic heterocycles. The molecule has 1 fully saturated rings. The summed E-state index contributed by atoms with van der Waals surface area (Å²) in [6.45, 7) is 3.27. The zero-order valence-corrected chi connectivity index (χ0v) is 17.3. The molecule has 0 spiro atoms. The van der Waals surface area contributed by atoms with Crippen LogP contribution >= 0.6 is 0 Å². The van der Waals surface area contributed by atoms with Crippen LogP contribution in [0.2, 0.25) is 0 Å². The summed E-state index contributed by atoms with van der Waals surface area (Å²) in [6, 6.07) is 4.41. The number of aromatic nitrogens is 1. The van der Waals surface area contributed by atoms with Gasteiger partial charge in [0, 0.05) is 23.7 Å². The van der Waals surface area contributed by atoms with Crippen LogP contribution in [0.25, 0.3) is 0 Å². The Hall–Kier alpha value is -3.08. The number of primary amides is 1. The Kier molecular flexibility index (Phi) is 5.98. The Morgan fingerprint density at radius 1 is 1.22 bits per heavy atom. The predicted molar refractivity (Wildman–Crippen MR) is 104 cm³/mol. The average molecular weight is 457 g/mol. The van der Waals surface area contributed by atoms with Gasteiger partial charge in [-0.2, -0.15) is 13.2 Å². The molecule has 0 unspecified atom stereocenters. The van der Waals surface area contributed by atoms with Crippen LogP contribution in [0.15, 0.2) is 30.5 Å². The number of carbonyl (C=O) groups is 2. The van der Waals surface area contributed by atoms with Crippen molar-refractivity contribution in [1.29, 1.82) is 0 Å². The monoisotopic (exact) mass is 457 g/mol. The number of pyridine rings is 1. The first-order chi connectivity index (χ1) is 14.8. The van der Waals surface area contributed by atoms with Crippen LogP contribution in [0.3, 0.4) is 0 Å². The summed E-state index contributed by atoms with van der Waals surface area (Å²) in [4.78, 5) is 28.0. The Morgan fingerprint density at radius 3 is 2.47 bits per heavy atom. The van der Waals surface area contributed by atoms with E-state index in [4.69, 9.17) is 10.5 Å². The Bertz CT molecular complexity index is 1080. The number of rotatable bonds is 4. The average Bonchev–Trinajstić information content (AvgIpc) is 2.99.